The molecule has 7 nitrogen and oxygen atoms in total. The Labute approximate surface area is 204 Å². The predicted octanol–water partition coefficient (Wildman–Crippen LogP) is 5.58. The van der Waals surface area contributed by atoms with E-state index in [0.717, 1.165) is 11.1 Å². The topological polar surface area (TPSA) is 69.3 Å². The Bertz CT molecular complexity index is 1170. The third kappa shape index (κ3) is 4.99. The first kappa shape index (κ1) is 23.6. The number of ether oxygens (including phenoxy) is 4. The molecule has 0 saturated heterocycles. The van der Waals surface area contributed by atoms with Gasteiger partial charge in [-0.2, -0.15) is 0 Å². The van der Waals surface area contributed by atoms with Crippen molar-refractivity contribution in [3.8, 4) is 23.0 Å². The lowest BCUT2D eigenvalue weighted by Crippen LogP contribution is -2.44. The summed E-state index contributed by atoms with van der Waals surface area (Å²) in [6.07, 6.45) is 0.670. The van der Waals surface area contributed by atoms with E-state index in [1.165, 1.54) is 0 Å². The van der Waals surface area contributed by atoms with Gasteiger partial charge in [-0.15, -0.1) is 0 Å². The first-order valence-corrected chi connectivity index (χ1v) is 11.3. The first-order valence-electron chi connectivity index (χ1n) is 10.9. The number of carbonyl (C=O) groups is 1. The summed E-state index contributed by atoms with van der Waals surface area (Å²) in [6.45, 7) is 0.737. The zero-order valence-electron chi connectivity index (χ0n) is 19.3. The van der Waals surface area contributed by atoms with Crippen molar-refractivity contribution in [2.75, 3.05) is 39.8 Å². The van der Waals surface area contributed by atoms with Crippen molar-refractivity contribution in [2.45, 2.75) is 12.5 Å². The molecule has 2 amide bonds. The number of halogens is 1. The normalized spacial score (nSPS) is 14.7. The minimum absolute atomic E-state index is 0.228. The van der Waals surface area contributed by atoms with Gasteiger partial charge in [0.2, 0.25) is 0 Å². The van der Waals surface area contributed by atoms with Crippen LogP contribution in [-0.2, 0) is 6.42 Å². The van der Waals surface area contributed by atoms with Crippen molar-refractivity contribution >= 4 is 23.3 Å². The number of nitrogens with zero attached hydrogens (tertiary/aromatic N) is 1. The van der Waals surface area contributed by atoms with Crippen molar-refractivity contribution < 1.29 is 23.7 Å². The maximum atomic E-state index is 13.3. The van der Waals surface area contributed by atoms with E-state index in [1.54, 1.807) is 50.5 Å². The van der Waals surface area contributed by atoms with Crippen molar-refractivity contribution in [3.63, 3.8) is 0 Å². The number of anilines is 1. The van der Waals surface area contributed by atoms with Crippen LogP contribution in [0.15, 0.2) is 60.7 Å². The molecule has 0 aromatic heterocycles. The summed E-state index contributed by atoms with van der Waals surface area (Å²) in [6, 6.07) is 17.8. The van der Waals surface area contributed by atoms with Crippen LogP contribution in [0, 0.1) is 0 Å². The molecule has 8 heteroatoms. The van der Waals surface area contributed by atoms with Crippen LogP contribution in [-0.4, -0.2) is 45.4 Å². The Balaban J connectivity index is 1.66. The van der Waals surface area contributed by atoms with Gasteiger partial charge in [-0.3, -0.25) is 0 Å². The number of urea groups is 1. The van der Waals surface area contributed by atoms with Crippen LogP contribution in [0.1, 0.15) is 17.2 Å². The molecule has 3 aromatic carbocycles. The summed E-state index contributed by atoms with van der Waals surface area (Å²) in [5.41, 5.74) is 2.65. The zero-order chi connectivity index (χ0) is 24.1. The van der Waals surface area contributed by atoms with E-state index in [9.17, 15) is 4.79 Å². The maximum Gasteiger partial charge on any atom is 0.322 e. The smallest absolute Gasteiger partial charge is 0.322 e. The molecule has 0 aliphatic carbocycles. The molecule has 1 aliphatic heterocycles. The highest BCUT2D eigenvalue weighted by Gasteiger charge is 2.33. The Morgan fingerprint density at radius 1 is 0.941 bits per heavy atom. The molecule has 0 saturated carbocycles. The Kier molecular flexibility index (Phi) is 7.33. The number of carbonyl (C=O) groups excluding carboxylic acids is 1. The summed E-state index contributed by atoms with van der Waals surface area (Å²) in [7, 11) is 4.80. The van der Waals surface area contributed by atoms with Gasteiger partial charge in [0.15, 0.2) is 23.0 Å². The average Bonchev–Trinajstić information content (AvgIpc) is 2.86. The molecule has 1 aliphatic rings. The van der Waals surface area contributed by atoms with Gasteiger partial charge in [0, 0.05) is 17.3 Å². The maximum absolute atomic E-state index is 13.3. The molecule has 34 heavy (non-hydrogen) atoms. The second kappa shape index (κ2) is 10.6. The number of rotatable bonds is 7. The van der Waals surface area contributed by atoms with Crippen LogP contribution < -0.4 is 24.3 Å². The molecule has 1 N–H and O–H groups in total. The second-order valence-corrected chi connectivity index (χ2v) is 8.20. The Hall–Kier alpha value is -3.58. The van der Waals surface area contributed by atoms with Crippen LogP contribution in [0.25, 0.3) is 0 Å². The fraction of sp³-hybridized carbons (Fsp3) is 0.269. The predicted molar refractivity (Wildman–Crippen MR) is 132 cm³/mol. The molecule has 0 spiro atoms. The van der Waals surface area contributed by atoms with Gasteiger partial charge >= 0.3 is 6.03 Å². The van der Waals surface area contributed by atoms with Crippen molar-refractivity contribution in [1.29, 1.82) is 0 Å². The highest BCUT2D eigenvalue weighted by Crippen LogP contribution is 2.39. The van der Waals surface area contributed by atoms with E-state index in [-0.39, 0.29) is 18.7 Å². The second-order valence-electron chi connectivity index (χ2n) is 7.77. The molecule has 3 aromatic rings. The molecule has 0 fully saturated rings. The summed E-state index contributed by atoms with van der Waals surface area (Å²) >= 11 is 6.10. The number of nitrogens with one attached hydrogen (secondary N) is 1. The fourth-order valence-corrected chi connectivity index (χ4v) is 4.31. The number of fused-ring (bicyclic) bond motifs is 1. The van der Waals surface area contributed by atoms with Gasteiger partial charge < -0.3 is 29.2 Å². The number of para-hydroxylation sites is 2. The third-order valence-electron chi connectivity index (χ3n) is 5.81. The molecule has 1 atom stereocenters. The standard InChI is InChI=1S/C26H27ClN2O5/c1-31-22-9-4-5-10-23(22)34-16-21-20-15-25(33-3)24(32-2)13-17(20)11-12-29(21)26(30)28-19-8-6-7-18(27)14-19/h4-10,13-15,21H,11-12,16H2,1-3H3,(H,28,30)/t21-/m0/s1. The fourth-order valence-electron chi connectivity index (χ4n) is 4.12. The largest absolute Gasteiger partial charge is 0.493 e. The van der Waals surface area contributed by atoms with Gasteiger partial charge in [0.1, 0.15) is 6.61 Å². The van der Waals surface area contributed by atoms with Crippen molar-refractivity contribution in [3.05, 3.63) is 76.8 Å². The molecular formula is C26H27ClN2O5. The van der Waals surface area contributed by atoms with Crippen LogP contribution in [0.3, 0.4) is 0 Å². The van der Waals surface area contributed by atoms with Crippen molar-refractivity contribution in [1.82, 2.24) is 4.90 Å². The monoisotopic (exact) mass is 482 g/mol. The summed E-state index contributed by atoms with van der Waals surface area (Å²) in [4.78, 5) is 15.1. The Morgan fingerprint density at radius 3 is 2.35 bits per heavy atom. The van der Waals surface area contributed by atoms with Gasteiger partial charge in [-0.1, -0.05) is 29.8 Å². The lowest BCUT2D eigenvalue weighted by Gasteiger charge is -2.37. The number of methoxy groups -OCH3 is 3. The quantitative estimate of drug-likeness (QED) is 0.476. The first-order chi connectivity index (χ1) is 16.5. The minimum Gasteiger partial charge on any atom is -0.493 e. The van der Waals surface area contributed by atoms with E-state index in [2.05, 4.69) is 5.32 Å². The van der Waals surface area contributed by atoms with Crippen LogP contribution in [0.4, 0.5) is 10.5 Å². The summed E-state index contributed by atoms with van der Waals surface area (Å²) in [5, 5.41) is 3.50. The van der Waals surface area contributed by atoms with E-state index in [0.29, 0.717) is 46.7 Å². The molecule has 4 rings (SSSR count). The number of hydrogen-bond donors (Lipinski definition) is 1. The lowest BCUT2D eigenvalue weighted by atomic mass is 9.92. The molecule has 0 unspecified atom stereocenters. The van der Waals surface area contributed by atoms with E-state index < -0.39 is 0 Å². The van der Waals surface area contributed by atoms with Crippen LogP contribution in [0.2, 0.25) is 5.02 Å². The van der Waals surface area contributed by atoms with E-state index in [4.69, 9.17) is 30.5 Å². The molecule has 178 valence electrons. The molecule has 1 heterocycles. The number of benzene rings is 3. The summed E-state index contributed by atoms with van der Waals surface area (Å²) in [5.74, 6) is 2.48. The third-order valence-corrected chi connectivity index (χ3v) is 6.04. The molecule has 0 bridgehead atoms. The average molecular weight is 483 g/mol. The minimum atomic E-state index is -0.368. The lowest BCUT2D eigenvalue weighted by molar-refractivity contribution is 0.142. The SMILES string of the molecule is COc1cc2c(cc1OC)[C@H](COc1ccccc1OC)N(C(=O)Nc1cccc(Cl)c1)CC2. The molecular weight excluding hydrogens is 456 g/mol. The molecule has 0 radical (unpaired) electrons. The van der Waals surface area contributed by atoms with E-state index >= 15 is 0 Å². The highest BCUT2D eigenvalue weighted by atomic mass is 35.5. The van der Waals surface area contributed by atoms with Gasteiger partial charge in [0.05, 0.1) is 27.4 Å². The summed E-state index contributed by atoms with van der Waals surface area (Å²) < 4.78 is 22.6. The van der Waals surface area contributed by atoms with Crippen molar-refractivity contribution in [2.24, 2.45) is 0 Å². The van der Waals surface area contributed by atoms with Crippen LogP contribution in [0.5, 0.6) is 23.0 Å². The van der Waals surface area contributed by atoms with Gasteiger partial charge in [-0.05, 0) is 60.0 Å². The van der Waals surface area contributed by atoms with E-state index in [1.807, 2.05) is 36.4 Å². The van der Waals surface area contributed by atoms with Gasteiger partial charge in [-0.25, -0.2) is 4.79 Å². The highest BCUT2D eigenvalue weighted by molar-refractivity contribution is 6.30. The number of amides is 2. The Morgan fingerprint density at radius 2 is 1.65 bits per heavy atom. The zero-order valence-corrected chi connectivity index (χ0v) is 20.1. The number of hydrogen-bond acceptors (Lipinski definition) is 5. The van der Waals surface area contributed by atoms with Crippen LogP contribution >= 0.6 is 11.6 Å². The van der Waals surface area contributed by atoms with Gasteiger partial charge in [0.25, 0.3) is 0 Å².